The van der Waals surface area contributed by atoms with Crippen LogP contribution in [0.1, 0.15) is 26.1 Å². The average Bonchev–Trinajstić information content (AvgIpc) is 2.78. The molecule has 0 bridgehead atoms. The van der Waals surface area contributed by atoms with Crippen LogP contribution in [0.15, 0.2) is 6.33 Å². The van der Waals surface area contributed by atoms with Gasteiger partial charge in [0.2, 0.25) is 11.8 Å². The molecule has 1 aliphatic heterocycles. The van der Waals surface area contributed by atoms with Crippen LogP contribution in [0, 0.1) is 0 Å². The summed E-state index contributed by atoms with van der Waals surface area (Å²) in [7, 11) is 0. The van der Waals surface area contributed by atoms with E-state index in [0.717, 1.165) is 13.0 Å². The maximum Gasteiger partial charge on any atom is 0.243 e. The highest BCUT2D eigenvalue weighted by Gasteiger charge is 2.31. The van der Waals surface area contributed by atoms with Gasteiger partial charge in [0.05, 0.1) is 13.1 Å². The molecule has 0 spiro atoms. The first kappa shape index (κ1) is 12.5. The van der Waals surface area contributed by atoms with Gasteiger partial charge >= 0.3 is 0 Å². The number of hydrogen-bond donors (Lipinski definition) is 1. The van der Waals surface area contributed by atoms with Crippen LogP contribution in [0.5, 0.6) is 0 Å². The Labute approximate surface area is 105 Å². The summed E-state index contributed by atoms with van der Waals surface area (Å²) in [5.74, 6) is 0.496. The summed E-state index contributed by atoms with van der Waals surface area (Å²) in [6.07, 6.45) is 2.42. The number of rotatable bonds is 4. The Kier molecular flexibility index (Phi) is 3.59. The van der Waals surface area contributed by atoms with Gasteiger partial charge in [-0.2, -0.15) is 5.10 Å². The molecule has 0 aromatic carbocycles. The fourth-order valence-corrected chi connectivity index (χ4v) is 1.96. The average molecular weight is 251 g/mol. The number of aryl methyl sites for hydroxylation is 1. The highest BCUT2D eigenvalue weighted by molar-refractivity contribution is 5.94. The van der Waals surface area contributed by atoms with Gasteiger partial charge in [0, 0.05) is 6.54 Å². The van der Waals surface area contributed by atoms with E-state index in [-0.39, 0.29) is 18.4 Å². The Bertz CT molecular complexity index is 456. The molecule has 0 radical (unpaired) electrons. The van der Waals surface area contributed by atoms with Gasteiger partial charge in [-0.05, 0) is 13.3 Å². The van der Waals surface area contributed by atoms with Crippen LogP contribution < -0.4 is 5.32 Å². The summed E-state index contributed by atoms with van der Waals surface area (Å²) >= 11 is 0. The van der Waals surface area contributed by atoms with Crippen LogP contribution >= 0.6 is 0 Å². The largest absolute Gasteiger partial charge is 0.345 e. The zero-order valence-corrected chi connectivity index (χ0v) is 10.6. The highest BCUT2D eigenvalue weighted by Crippen LogP contribution is 2.10. The lowest BCUT2D eigenvalue weighted by molar-refractivity contribution is -0.145. The van der Waals surface area contributed by atoms with Gasteiger partial charge in [-0.3, -0.25) is 9.59 Å². The number of nitrogens with one attached hydrogen (secondary N) is 1. The molecule has 1 N–H and O–H groups in total. The minimum atomic E-state index is -0.460. The fourth-order valence-electron chi connectivity index (χ4n) is 1.96. The van der Waals surface area contributed by atoms with Crippen LogP contribution in [-0.4, -0.2) is 44.1 Å². The summed E-state index contributed by atoms with van der Waals surface area (Å²) < 4.78 is 1.77. The van der Waals surface area contributed by atoms with E-state index >= 15 is 0 Å². The van der Waals surface area contributed by atoms with Gasteiger partial charge in [0.15, 0.2) is 0 Å². The molecule has 0 aliphatic carbocycles. The lowest BCUT2D eigenvalue weighted by atomic mass is 10.2. The predicted octanol–water partition coefficient (Wildman–Crippen LogP) is -0.465. The van der Waals surface area contributed by atoms with Gasteiger partial charge < -0.3 is 10.2 Å². The van der Waals surface area contributed by atoms with Crippen LogP contribution in [-0.2, 0) is 22.7 Å². The van der Waals surface area contributed by atoms with Gasteiger partial charge in [-0.1, -0.05) is 6.92 Å². The van der Waals surface area contributed by atoms with E-state index in [4.69, 9.17) is 0 Å². The second-order valence-electron chi connectivity index (χ2n) is 4.31. The Morgan fingerprint density at radius 1 is 1.50 bits per heavy atom. The zero-order chi connectivity index (χ0) is 13.1. The third kappa shape index (κ3) is 2.34. The maximum absolute atomic E-state index is 11.8. The molecule has 2 heterocycles. The summed E-state index contributed by atoms with van der Waals surface area (Å²) in [5.41, 5.74) is 0. The molecule has 98 valence electrons. The van der Waals surface area contributed by atoms with Crippen LogP contribution in [0.25, 0.3) is 0 Å². The Balaban J connectivity index is 2.13. The van der Waals surface area contributed by atoms with E-state index in [1.54, 1.807) is 11.6 Å². The molecule has 2 amide bonds. The summed E-state index contributed by atoms with van der Waals surface area (Å²) in [6.45, 7) is 4.91. The minimum absolute atomic E-state index is 0.0606. The normalized spacial score (nSPS) is 20.1. The molecule has 7 heteroatoms. The molecule has 1 atom stereocenters. The third-order valence-corrected chi connectivity index (χ3v) is 3.02. The van der Waals surface area contributed by atoms with E-state index < -0.39 is 6.04 Å². The molecule has 1 aromatic rings. The highest BCUT2D eigenvalue weighted by atomic mass is 16.2. The van der Waals surface area contributed by atoms with Crippen molar-refractivity contribution in [1.82, 2.24) is 25.0 Å². The van der Waals surface area contributed by atoms with E-state index in [9.17, 15) is 9.59 Å². The van der Waals surface area contributed by atoms with E-state index in [2.05, 4.69) is 15.4 Å². The molecule has 1 saturated heterocycles. The second-order valence-corrected chi connectivity index (χ2v) is 4.31. The van der Waals surface area contributed by atoms with Crippen molar-refractivity contribution in [3.8, 4) is 0 Å². The second kappa shape index (κ2) is 5.16. The minimum Gasteiger partial charge on any atom is -0.345 e. The van der Waals surface area contributed by atoms with Crippen LogP contribution in [0.4, 0.5) is 0 Å². The van der Waals surface area contributed by atoms with Crippen molar-refractivity contribution < 1.29 is 9.59 Å². The third-order valence-electron chi connectivity index (χ3n) is 3.02. The molecule has 1 aromatic heterocycles. The summed E-state index contributed by atoms with van der Waals surface area (Å²) in [5, 5.41) is 6.67. The van der Waals surface area contributed by atoms with Crippen molar-refractivity contribution in [1.29, 1.82) is 0 Å². The number of nitrogens with zero attached hydrogens (tertiary/aromatic N) is 4. The van der Waals surface area contributed by atoms with Crippen molar-refractivity contribution in [3.63, 3.8) is 0 Å². The molecule has 2 rings (SSSR count). The van der Waals surface area contributed by atoms with E-state index in [0.29, 0.717) is 12.4 Å². The first-order chi connectivity index (χ1) is 8.63. The zero-order valence-electron chi connectivity index (χ0n) is 10.6. The predicted molar refractivity (Wildman–Crippen MR) is 63.3 cm³/mol. The van der Waals surface area contributed by atoms with Crippen LogP contribution in [0.2, 0.25) is 0 Å². The van der Waals surface area contributed by atoms with Crippen molar-refractivity contribution in [2.75, 3.05) is 6.54 Å². The van der Waals surface area contributed by atoms with Crippen molar-refractivity contribution in [2.24, 2.45) is 0 Å². The maximum atomic E-state index is 11.8. The SMILES string of the molecule is CCCn1ncnc1CN1C(=O)CNC(=O)C1C. The first-order valence-corrected chi connectivity index (χ1v) is 6.07. The van der Waals surface area contributed by atoms with Gasteiger partial charge in [0.1, 0.15) is 18.2 Å². The van der Waals surface area contributed by atoms with Gasteiger partial charge in [-0.25, -0.2) is 9.67 Å². The van der Waals surface area contributed by atoms with Gasteiger partial charge in [0.25, 0.3) is 0 Å². The molecule has 7 nitrogen and oxygen atoms in total. The van der Waals surface area contributed by atoms with Crippen molar-refractivity contribution >= 4 is 11.8 Å². The van der Waals surface area contributed by atoms with E-state index in [1.165, 1.54) is 11.2 Å². The smallest absolute Gasteiger partial charge is 0.243 e. The van der Waals surface area contributed by atoms with E-state index in [1.807, 2.05) is 6.92 Å². The monoisotopic (exact) mass is 251 g/mol. The molecular weight excluding hydrogens is 234 g/mol. The van der Waals surface area contributed by atoms with Gasteiger partial charge in [-0.15, -0.1) is 0 Å². The lowest BCUT2D eigenvalue weighted by Gasteiger charge is -2.32. The number of hydrogen-bond acceptors (Lipinski definition) is 4. The molecule has 1 fully saturated rings. The first-order valence-electron chi connectivity index (χ1n) is 6.07. The Hall–Kier alpha value is -1.92. The number of piperazine rings is 1. The Morgan fingerprint density at radius 3 is 3.00 bits per heavy atom. The summed E-state index contributed by atoms with van der Waals surface area (Å²) in [4.78, 5) is 29.0. The topological polar surface area (TPSA) is 80.1 Å². The number of carbonyl (C=O) groups is 2. The number of carbonyl (C=O) groups excluding carboxylic acids is 2. The standard InChI is InChI=1S/C11H17N5O2/c1-3-4-16-9(13-7-14-16)6-15-8(2)11(18)12-5-10(15)17/h7-8H,3-6H2,1-2H3,(H,12,18). The molecule has 0 saturated carbocycles. The fraction of sp³-hybridized carbons (Fsp3) is 0.636. The van der Waals surface area contributed by atoms with Crippen LogP contribution in [0.3, 0.4) is 0 Å². The number of amides is 2. The summed E-state index contributed by atoms with van der Waals surface area (Å²) in [6, 6.07) is -0.460. The Morgan fingerprint density at radius 2 is 2.28 bits per heavy atom. The molecule has 1 unspecified atom stereocenters. The molecule has 1 aliphatic rings. The quantitative estimate of drug-likeness (QED) is 0.785. The molecular formula is C11H17N5O2. The van der Waals surface area contributed by atoms with Crippen molar-refractivity contribution in [2.45, 2.75) is 39.4 Å². The lowest BCUT2D eigenvalue weighted by Crippen LogP contribution is -2.56. The molecule has 18 heavy (non-hydrogen) atoms. The van der Waals surface area contributed by atoms with Crippen molar-refractivity contribution in [3.05, 3.63) is 12.2 Å². The number of aromatic nitrogens is 3.